The zero-order valence-electron chi connectivity index (χ0n) is 14.8. The first-order valence-electron chi connectivity index (χ1n) is 8.39. The molecule has 0 aliphatic rings. The summed E-state index contributed by atoms with van der Waals surface area (Å²) in [5.74, 6) is -0.00807. The standard InChI is InChI=1S/C17H21N5O3S/c1-20-15-14(16(24)21(2)17(20)25)22(11-19-15)9-3-6-13(23)18-8-7-12-5-4-10-26-12/h4-5,10-11H,3,6-9H2,1-2H3,(H,18,23). The summed E-state index contributed by atoms with van der Waals surface area (Å²) < 4.78 is 4.12. The van der Waals surface area contributed by atoms with Crippen molar-refractivity contribution in [2.45, 2.75) is 25.8 Å². The summed E-state index contributed by atoms with van der Waals surface area (Å²) in [6, 6.07) is 4.05. The van der Waals surface area contributed by atoms with Crippen LogP contribution in [0.1, 0.15) is 17.7 Å². The Morgan fingerprint density at radius 3 is 2.81 bits per heavy atom. The fraction of sp³-hybridized carbons (Fsp3) is 0.412. The average molecular weight is 375 g/mol. The monoisotopic (exact) mass is 375 g/mol. The van der Waals surface area contributed by atoms with E-state index >= 15 is 0 Å². The number of thiophene rings is 1. The number of rotatable bonds is 7. The third-order valence-electron chi connectivity index (χ3n) is 4.29. The van der Waals surface area contributed by atoms with Gasteiger partial charge in [-0.2, -0.15) is 0 Å². The van der Waals surface area contributed by atoms with Gasteiger partial charge in [0.2, 0.25) is 5.91 Å². The molecule has 3 aromatic heterocycles. The molecular weight excluding hydrogens is 354 g/mol. The zero-order chi connectivity index (χ0) is 18.7. The van der Waals surface area contributed by atoms with Crippen molar-refractivity contribution in [2.75, 3.05) is 6.54 Å². The van der Waals surface area contributed by atoms with Crippen LogP contribution in [0.3, 0.4) is 0 Å². The van der Waals surface area contributed by atoms with E-state index in [1.54, 1.807) is 29.3 Å². The van der Waals surface area contributed by atoms with Gasteiger partial charge in [-0.3, -0.25) is 18.7 Å². The summed E-state index contributed by atoms with van der Waals surface area (Å²) in [6.07, 6.45) is 3.33. The molecule has 1 amide bonds. The molecule has 0 aliphatic carbocycles. The highest BCUT2D eigenvalue weighted by Gasteiger charge is 2.14. The molecule has 0 bridgehead atoms. The van der Waals surface area contributed by atoms with Crippen LogP contribution in [-0.2, 0) is 31.9 Å². The first-order valence-corrected chi connectivity index (χ1v) is 9.27. The molecule has 0 unspecified atom stereocenters. The topological polar surface area (TPSA) is 90.9 Å². The van der Waals surface area contributed by atoms with Crippen molar-refractivity contribution in [3.05, 3.63) is 49.6 Å². The number of imidazole rings is 1. The molecule has 0 radical (unpaired) electrons. The SMILES string of the molecule is Cn1c(=O)c2c(ncn2CCCC(=O)NCCc2cccs2)n(C)c1=O. The summed E-state index contributed by atoms with van der Waals surface area (Å²) in [4.78, 5) is 41.6. The lowest BCUT2D eigenvalue weighted by Gasteiger charge is -2.07. The number of amides is 1. The normalized spacial score (nSPS) is 11.2. The third-order valence-corrected chi connectivity index (χ3v) is 5.23. The number of nitrogens with zero attached hydrogens (tertiary/aromatic N) is 4. The summed E-state index contributed by atoms with van der Waals surface area (Å²) in [6.45, 7) is 1.11. The minimum Gasteiger partial charge on any atom is -0.356 e. The van der Waals surface area contributed by atoms with Crippen LogP contribution >= 0.6 is 11.3 Å². The van der Waals surface area contributed by atoms with Crippen LogP contribution in [0.15, 0.2) is 33.4 Å². The first kappa shape index (κ1) is 18.1. The van der Waals surface area contributed by atoms with Crippen LogP contribution in [0, 0.1) is 0 Å². The van der Waals surface area contributed by atoms with E-state index in [2.05, 4.69) is 16.4 Å². The maximum Gasteiger partial charge on any atom is 0.332 e. The minimum atomic E-state index is -0.405. The molecule has 0 aromatic carbocycles. The molecule has 8 nitrogen and oxygen atoms in total. The van der Waals surface area contributed by atoms with Gasteiger partial charge in [0.05, 0.1) is 6.33 Å². The van der Waals surface area contributed by atoms with Crippen molar-refractivity contribution in [3.63, 3.8) is 0 Å². The smallest absolute Gasteiger partial charge is 0.332 e. The largest absolute Gasteiger partial charge is 0.356 e. The predicted molar refractivity (Wildman–Crippen MR) is 100 cm³/mol. The molecule has 0 atom stereocenters. The van der Waals surface area contributed by atoms with Gasteiger partial charge in [-0.1, -0.05) is 6.07 Å². The molecule has 0 saturated heterocycles. The van der Waals surface area contributed by atoms with Gasteiger partial charge in [0, 0.05) is 38.5 Å². The summed E-state index contributed by atoms with van der Waals surface area (Å²) in [7, 11) is 3.03. The molecule has 9 heteroatoms. The average Bonchev–Trinajstić information content (AvgIpc) is 3.28. The lowest BCUT2D eigenvalue weighted by atomic mass is 10.2. The molecule has 0 spiro atoms. The van der Waals surface area contributed by atoms with E-state index in [1.165, 1.54) is 16.5 Å². The number of carbonyl (C=O) groups is 1. The van der Waals surface area contributed by atoms with Gasteiger partial charge in [0.25, 0.3) is 5.56 Å². The Kier molecular flexibility index (Phi) is 5.36. The van der Waals surface area contributed by atoms with Crippen molar-refractivity contribution >= 4 is 28.4 Å². The Labute approximate surface area is 153 Å². The van der Waals surface area contributed by atoms with Crippen LogP contribution in [0.2, 0.25) is 0 Å². The van der Waals surface area contributed by atoms with Crippen LogP contribution in [0.25, 0.3) is 11.2 Å². The highest BCUT2D eigenvalue weighted by atomic mass is 32.1. The molecule has 3 aromatic rings. The molecule has 0 fully saturated rings. The molecule has 26 heavy (non-hydrogen) atoms. The highest BCUT2D eigenvalue weighted by molar-refractivity contribution is 7.09. The second-order valence-electron chi connectivity index (χ2n) is 6.10. The molecular formula is C17H21N5O3S. The molecule has 3 rings (SSSR count). The van der Waals surface area contributed by atoms with Gasteiger partial charge in [0.1, 0.15) is 0 Å². The van der Waals surface area contributed by atoms with Gasteiger partial charge < -0.3 is 9.88 Å². The summed E-state index contributed by atoms with van der Waals surface area (Å²) >= 11 is 1.68. The van der Waals surface area contributed by atoms with Crippen molar-refractivity contribution in [1.82, 2.24) is 24.0 Å². The number of aromatic nitrogens is 4. The maximum atomic E-state index is 12.3. The number of carbonyl (C=O) groups excluding carboxylic acids is 1. The van der Waals surface area contributed by atoms with Crippen molar-refractivity contribution < 1.29 is 4.79 Å². The second kappa shape index (κ2) is 7.69. The van der Waals surface area contributed by atoms with E-state index in [9.17, 15) is 14.4 Å². The van der Waals surface area contributed by atoms with Gasteiger partial charge in [0.15, 0.2) is 11.2 Å². The van der Waals surface area contributed by atoms with Gasteiger partial charge >= 0.3 is 5.69 Å². The molecule has 1 N–H and O–H groups in total. The fourth-order valence-electron chi connectivity index (χ4n) is 2.84. The molecule has 138 valence electrons. The summed E-state index contributed by atoms with van der Waals surface area (Å²) in [5, 5.41) is 4.93. The Bertz CT molecular complexity index is 1030. The number of aryl methyl sites for hydroxylation is 2. The lowest BCUT2D eigenvalue weighted by Crippen LogP contribution is -2.37. The van der Waals surface area contributed by atoms with Crippen LogP contribution in [0.5, 0.6) is 0 Å². The van der Waals surface area contributed by atoms with E-state index in [-0.39, 0.29) is 11.5 Å². The fourth-order valence-corrected chi connectivity index (χ4v) is 3.55. The minimum absolute atomic E-state index is 0.00807. The van der Waals surface area contributed by atoms with Crippen LogP contribution in [0.4, 0.5) is 0 Å². The van der Waals surface area contributed by atoms with Crippen molar-refractivity contribution in [3.8, 4) is 0 Å². The second-order valence-corrected chi connectivity index (χ2v) is 7.13. The molecule has 3 heterocycles. The first-order chi connectivity index (χ1) is 12.5. The third kappa shape index (κ3) is 3.62. The lowest BCUT2D eigenvalue weighted by molar-refractivity contribution is -0.121. The number of hydrogen-bond acceptors (Lipinski definition) is 5. The van der Waals surface area contributed by atoms with Gasteiger partial charge in [-0.05, 0) is 24.3 Å². The van der Waals surface area contributed by atoms with Crippen molar-refractivity contribution in [1.29, 1.82) is 0 Å². The Morgan fingerprint density at radius 2 is 2.08 bits per heavy atom. The zero-order valence-corrected chi connectivity index (χ0v) is 15.6. The maximum absolute atomic E-state index is 12.3. The van der Waals surface area contributed by atoms with E-state index in [1.807, 2.05) is 11.4 Å². The highest BCUT2D eigenvalue weighted by Crippen LogP contribution is 2.09. The van der Waals surface area contributed by atoms with Crippen LogP contribution in [-0.4, -0.2) is 31.1 Å². The number of hydrogen-bond donors (Lipinski definition) is 1. The van der Waals surface area contributed by atoms with E-state index in [4.69, 9.17) is 0 Å². The number of fused-ring (bicyclic) bond motifs is 1. The van der Waals surface area contributed by atoms with Gasteiger partial charge in [-0.25, -0.2) is 9.78 Å². The van der Waals surface area contributed by atoms with Crippen LogP contribution < -0.4 is 16.6 Å². The quantitative estimate of drug-likeness (QED) is 0.656. The van der Waals surface area contributed by atoms with E-state index in [0.717, 1.165) is 11.0 Å². The molecule has 0 saturated carbocycles. The number of nitrogens with one attached hydrogen (secondary N) is 1. The predicted octanol–water partition coefficient (Wildman–Crippen LogP) is 0.634. The van der Waals surface area contributed by atoms with E-state index in [0.29, 0.717) is 37.1 Å². The van der Waals surface area contributed by atoms with Gasteiger partial charge in [-0.15, -0.1) is 11.3 Å². The Hall–Kier alpha value is -2.68. The van der Waals surface area contributed by atoms with Crippen molar-refractivity contribution in [2.24, 2.45) is 14.1 Å². The van der Waals surface area contributed by atoms with E-state index < -0.39 is 5.69 Å². The Balaban J connectivity index is 1.57. The Morgan fingerprint density at radius 1 is 1.27 bits per heavy atom. The molecule has 0 aliphatic heterocycles. The summed E-state index contributed by atoms with van der Waals surface area (Å²) in [5.41, 5.74) is -0.0370.